The molecule has 0 atom stereocenters. The largest absolute Gasteiger partial charge is 0.378 e. The Labute approximate surface area is 181 Å². The number of aryl methyl sites for hydroxylation is 1. The molecule has 3 aromatic heterocycles. The van der Waals surface area contributed by atoms with Crippen LogP contribution in [0.4, 0.5) is 14.6 Å². The molecular formula is C22H20F2N6O2. The molecule has 8 nitrogen and oxygen atoms in total. The number of H-pyrrole nitrogens is 1. The maximum Gasteiger partial charge on any atom is 0.277 e. The standard InChI is InChI=1S/C22H20F2N6O2/c1-29-20-19(21(28-29)30-4-6-32-7-5-30)26-18(27-22(20)31)8-13-2-3-17(25-12-13)14-9-15(23)11-16(24)10-14/h2-3,9-12H,4-8H2,1H3,(H,26,27,31). The van der Waals surface area contributed by atoms with Crippen LogP contribution in [0.5, 0.6) is 0 Å². The van der Waals surface area contributed by atoms with Crippen molar-refractivity contribution in [1.82, 2.24) is 24.7 Å². The molecule has 0 unspecified atom stereocenters. The van der Waals surface area contributed by atoms with Gasteiger partial charge in [0.25, 0.3) is 5.56 Å². The van der Waals surface area contributed by atoms with Crippen molar-refractivity contribution in [3.8, 4) is 11.3 Å². The average molecular weight is 438 g/mol. The highest BCUT2D eigenvalue weighted by Gasteiger charge is 2.21. The van der Waals surface area contributed by atoms with Crippen LogP contribution in [0.25, 0.3) is 22.3 Å². The number of halogens is 2. The van der Waals surface area contributed by atoms with Crippen LogP contribution in [-0.2, 0) is 18.2 Å². The number of pyridine rings is 1. The monoisotopic (exact) mass is 438 g/mol. The van der Waals surface area contributed by atoms with Gasteiger partial charge in [0.15, 0.2) is 11.3 Å². The normalized spacial score (nSPS) is 14.3. The molecule has 32 heavy (non-hydrogen) atoms. The van der Waals surface area contributed by atoms with Crippen molar-refractivity contribution < 1.29 is 13.5 Å². The molecule has 1 aliphatic heterocycles. The number of benzene rings is 1. The van der Waals surface area contributed by atoms with E-state index >= 15 is 0 Å². The van der Waals surface area contributed by atoms with E-state index in [0.717, 1.165) is 11.6 Å². The summed E-state index contributed by atoms with van der Waals surface area (Å²) >= 11 is 0. The van der Waals surface area contributed by atoms with Crippen molar-refractivity contribution in [3.63, 3.8) is 0 Å². The summed E-state index contributed by atoms with van der Waals surface area (Å²) in [5.41, 5.74) is 2.30. The smallest absolute Gasteiger partial charge is 0.277 e. The number of fused-ring (bicyclic) bond motifs is 1. The van der Waals surface area contributed by atoms with Crippen molar-refractivity contribution >= 4 is 16.9 Å². The molecule has 1 N–H and O–H groups in total. The lowest BCUT2D eigenvalue weighted by atomic mass is 10.1. The summed E-state index contributed by atoms with van der Waals surface area (Å²) in [6.07, 6.45) is 1.95. The van der Waals surface area contributed by atoms with Crippen LogP contribution in [0.15, 0.2) is 41.3 Å². The van der Waals surface area contributed by atoms with E-state index in [9.17, 15) is 13.6 Å². The Morgan fingerprint density at radius 1 is 1.12 bits per heavy atom. The number of aromatic amines is 1. The number of aromatic nitrogens is 5. The number of hydrogen-bond donors (Lipinski definition) is 1. The maximum absolute atomic E-state index is 13.5. The first-order valence-electron chi connectivity index (χ1n) is 10.2. The molecule has 0 aliphatic carbocycles. The Kier molecular flexibility index (Phi) is 5.14. The number of morpholine rings is 1. The van der Waals surface area contributed by atoms with Gasteiger partial charge in [-0.1, -0.05) is 6.07 Å². The Balaban J connectivity index is 1.45. The number of anilines is 1. The minimum Gasteiger partial charge on any atom is -0.378 e. The lowest BCUT2D eigenvalue weighted by Gasteiger charge is -2.26. The molecule has 0 radical (unpaired) electrons. The van der Waals surface area contributed by atoms with E-state index in [-0.39, 0.29) is 5.56 Å². The third kappa shape index (κ3) is 3.84. The van der Waals surface area contributed by atoms with E-state index in [0.29, 0.717) is 66.7 Å². The molecule has 0 amide bonds. The molecule has 1 aliphatic rings. The Morgan fingerprint density at radius 3 is 2.56 bits per heavy atom. The molecule has 4 aromatic rings. The van der Waals surface area contributed by atoms with Gasteiger partial charge in [0, 0.05) is 44.4 Å². The van der Waals surface area contributed by atoms with E-state index in [4.69, 9.17) is 4.74 Å². The number of nitrogens with zero attached hydrogens (tertiary/aromatic N) is 5. The molecule has 5 rings (SSSR count). The summed E-state index contributed by atoms with van der Waals surface area (Å²) in [6, 6.07) is 6.76. The van der Waals surface area contributed by atoms with Gasteiger partial charge < -0.3 is 14.6 Å². The highest BCUT2D eigenvalue weighted by molar-refractivity contribution is 5.86. The SMILES string of the molecule is Cn1nc(N2CCOCC2)c2nc(Cc3ccc(-c4cc(F)cc(F)c4)nc3)[nH]c(=O)c21. The maximum atomic E-state index is 13.5. The Hall–Kier alpha value is -3.66. The molecule has 1 aromatic carbocycles. The Bertz CT molecular complexity index is 1320. The summed E-state index contributed by atoms with van der Waals surface area (Å²) in [6.45, 7) is 2.56. The van der Waals surface area contributed by atoms with Crippen molar-refractivity contribution in [2.24, 2.45) is 7.05 Å². The first-order valence-corrected chi connectivity index (χ1v) is 10.2. The van der Waals surface area contributed by atoms with Gasteiger partial charge in [0.1, 0.15) is 23.0 Å². The molecule has 0 bridgehead atoms. The molecule has 1 saturated heterocycles. The highest BCUT2D eigenvalue weighted by atomic mass is 19.1. The quantitative estimate of drug-likeness (QED) is 0.527. The van der Waals surface area contributed by atoms with E-state index in [1.54, 1.807) is 30.1 Å². The number of hydrogen-bond acceptors (Lipinski definition) is 6. The first kappa shape index (κ1) is 20.3. The lowest BCUT2D eigenvalue weighted by Crippen LogP contribution is -2.36. The molecule has 1 fully saturated rings. The summed E-state index contributed by atoms with van der Waals surface area (Å²) < 4.78 is 33.9. The number of ether oxygens (including phenoxy) is 1. The third-order valence-electron chi connectivity index (χ3n) is 5.39. The molecular weight excluding hydrogens is 418 g/mol. The first-order chi connectivity index (χ1) is 15.5. The number of rotatable bonds is 4. The van der Waals surface area contributed by atoms with E-state index in [1.807, 2.05) is 0 Å². The summed E-state index contributed by atoms with van der Waals surface area (Å²) in [4.78, 5) is 26.6. The van der Waals surface area contributed by atoms with Crippen LogP contribution in [0.1, 0.15) is 11.4 Å². The molecule has 10 heteroatoms. The second-order valence-electron chi connectivity index (χ2n) is 7.64. The van der Waals surface area contributed by atoms with Crippen molar-refractivity contribution in [1.29, 1.82) is 0 Å². The zero-order valence-electron chi connectivity index (χ0n) is 17.3. The van der Waals surface area contributed by atoms with Crippen molar-refractivity contribution in [2.45, 2.75) is 6.42 Å². The minimum absolute atomic E-state index is 0.265. The van der Waals surface area contributed by atoms with Crippen molar-refractivity contribution in [2.75, 3.05) is 31.2 Å². The predicted octanol–water partition coefficient (Wildman–Crippen LogP) is 2.42. The molecule has 4 heterocycles. The van der Waals surface area contributed by atoms with E-state index in [2.05, 4.69) is 25.0 Å². The second-order valence-corrected chi connectivity index (χ2v) is 7.64. The average Bonchev–Trinajstić information content (AvgIpc) is 3.11. The predicted molar refractivity (Wildman–Crippen MR) is 115 cm³/mol. The topological polar surface area (TPSA) is 88.9 Å². The van der Waals surface area contributed by atoms with Gasteiger partial charge >= 0.3 is 0 Å². The van der Waals surface area contributed by atoms with E-state index < -0.39 is 11.6 Å². The van der Waals surface area contributed by atoms with Gasteiger partial charge in [-0.2, -0.15) is 5.10 Å². The van der Waals surface area contributed by atoms with Crippen LogP contribution in [0.3, 0.4) is 0 Å². The zero-order valence-corrected chi connectivity index (χ0v) is 17.3. The fraction of sp³-hybridized carbons (Fsp3) is 0.273. The van der Waals surface area contributed by atoms with Crippen LogP contribution in [-0.4, -0.2) is 51.0 Å². The minimum atomic E-state index is -0.659. The highest BCUT2D eigenvalue weighted by Crippen LogP contribution is 2.24. The summed E-state index contributed by atoms with van der Waals surface area (Å²) in [5, 5.41) is 4.51. The molecule has 0 saturated carbocycles. The molecule has 164 valence electrons. The van der Waals surface area contributed by atoms with Crippen LogP contribution in [0, 0.1) is 11.6 Å². The van der Waals surface area contributed by atoms with Gasteiger partial charge in [-0.15, -0.1) is 0 Å². The fourth-order valence-corrected chi connectivity index (χ4v) is 3.88. The van der Waals surface area contributed by atoms with Crippen LogP contribution in [0.2, 0.25) is 0 Å². The fourth-order valence-electron chi connectivity index (χ4n) is 3.88. The zero-order chi connectivity index (χ0) is 22.2. The van der Waals surface area contributed by atoms with Gasteiger partial charge in [-0.3, -0.25) is 14.5 Å². The van der Waals surface area contributed by atoms with Gasteiger partial charge in [0.2, 0.25) is 0 Å². The number of nitrogens with one attached hydrogen (secondary N) is 1. The van der Waals surface area contributed by atoms with Crippen LogP contribution < -0.4 is 10.5 Å². The van der Waals surface area contributed by atoms with Crippen molar-refractivity contribution in [3.05, 3.63) is 69.9 Å². The molecule has 0 spiro atoms. The third-order valence-corrected chi connectivity index (χ3v) is 5.39. The second kappa shape index (κ2) is 8.12. The summed E-state index contributed by atoms with van der Waals surface area (Å²) in [7, 11) is 1.72. The van der Waals surface area contributed by atoms with E-state index in [1.165, 1.54) is 12.1 Å². The summed E-state index contributed by atoms with van der Waals surface area (Å²) in [5.74, 6) is -0.168. The Morgan fingerprint density at radius 2 is 1.88 bits per heavy atom. The van der Waals surface area contributed by atoms with Gasteiger partial charge in [-0.25, -0.2) is 13.8 Å². The lowest BCUT2D eigenvalue weighted by molar-refractivity contribution is 0.122. The van der Waals surface area contributed by atoms with Gasteiger partial charge in [-0.05, 0) is 23.8 Å². The van der Waals surface area contributed by atoms with Crippen LogP contribution >= 0.6 is 0 Å². The van der Waals surface area contributed by atoms with Gasteiger partial charge in [0.05, 0.1) is 18.9 Å².